The maximum Gasteiger partial charge on any atom is 0.293 e. The van der Waals surface area contributed by atoms with Crippen molar-refractivity contribution in [2.45, 2.75) is 6.54 Å². The van der Waals surface area contributed by atoms with E-state index in [1.165, 1.54) is 18.2 Å². The highest BCUT2D eigenvalue weighted by molar-refractivity contribution is 5.94. The third-order valence-corrected chi connectivity index (χ3v) is 3.37. The fourth-order valence-electron chi connectivity index (χ4n) is 2.21. The number of aromatic nitrogens is 3. The van der Waals surface area contributed by atoms with Crippen LogP contribution in [0.4, 0.5) is 4.39 Å². The zero-order chi connectivity index (χ0) is 16.9. The van der Waals surface area contributed by atoms with E-state index in [1.54, 1.807) is 30.7 Å². The number of nitrogens with zero attached hydrogens (tertiary/aromatic N) is 3. The SMILES string of the molecule is C=CCONC(=O)c1cc2ncn(Cc3ccc(F)cc3)c2cn1. The number of halogens is 1. The Labute approximate surface area is 137 Å². The van der Waals surface area contributed by atoms with Gasteiger partial charge in [0.05, 0.1) is 30.2 Å². The molecule has 0 aliphatic rings. The van der Waals surface area contributed by atoms with Gasteiger partial charge < -0.3 is 4.57 Å². The van der Waals surface area contributed by atoms with Gasteiger partial charge in [0.1, 0.15) is 11.5 Å². The summed E-state index contributed by atoms with van der Waals surface area (Å²) in [7, 11) is 0. The molecule has 0 spiro atoms. The third-order valence-electron chi connectivity index (χ3n) is 3.37. The van der Waals surface area contributed by atoms with Crippen LogP contribution in [0.2, 0.25) is 0 Å². The summed E-state index contributed by atoms with van der Waals surface area (Å²) in [5.41, 5.74) is 4.84. The normalized spacial score (nSPS) is 10.7. The van der Waals surface area contributed by atoms with E-state index < -0.39 is 5.91 Å². The Hall–Kier alpha value is -3.06. The minimum absolute atomic E-state index is 0.207. The zero-order valence-electron chi connectivity index (χ0n) is 12.8. The Bertz CT molecular complexity index is 874. The van der Waals surface area contributed by atoms with E-state index >= 15 is 0 Å². The smallest absolute Gasteiger partial charge is 0.293 e. The molecule has 1 aromatic carbocycles. The van der Waals surface area contributed by atoms with Crippen molar-refractivity contribution in [3.63, 3.8) is 0 Å². The molecule has 0 aliphatic carbocycles. The Morgan fingerprint density at radius 3 is 2.88 bits per heavy atom. The van der Waals surface area contributed by atoms with Crippen LogP contribution in [0.3, 0.4) is 0 Å². The molecule has 0 aliphatic heterocycles. The van der Waals surface area contributed by atoms with Crippen molar-refractivity contribution in [3.05, 3.63) is 72.6 Å². The predicted molar refractivity (Wildman–Crippen MR) is 86.6 cm³/mol. The van der Waals surface area contributed by atoms with Crippen LogP contribution < -0.4 is 5.48 Å². The first kappa shape index (κ1) is 15.8. The maximum absolute atomic E-state index is 13.0. The van der Waals surface area contributed by atoms with Gasteiger partial charge in [-0.15, -0.1) is 6.58 Å². The van der Waals surface area contributed by atoms with Crippen LogP contribution in [-0.4, -0.2) is 27.0 Å². The number of rotatable bonds is 6. The lowest BCUT2D eigenvalue weighted by molar-refractivity contribution is 0.0417. The molecular formula is C17H15FN4O2. The lowest BCUT2D eigenvalue weighted by Gasteiger charge is -2.05. The summed E-state index contributed by atoms with van der Waals surface area (Å²) in [4.78, 5) is 25.2. The molecule has 2 heterocycles. The van der Waals surface area contributed by atoms with E-state index in [-0.39, 0.29) is 18.1 Å². The quantitative estimate of drug-likeness (QED) is 0.429. The highest BCUT2D eigenvalue weighted by Gasteiger charge is 2.11. The third kappa shape index (κ3) is 3.47. The number of fused-ring (bicyclic) bond motifs is 1. The van der Waals surface area contributed by atoms with Crippen LogP contribution in [-0.2, 0) is 11.4 Å². The van der Waals surface area contributed by atoms with Gasteiger partial charge in [-0.3, -0.25) is 9.63 Å². The van der Waals surface area contributed by atoms with Gasteiger partial charge in [0.2, 0.25) is 0 Å². The first-order valence-electron chi connectivity index (χ1n) is 7.25. The summed E-state index contributed by atoms with van der Waals surface area (Å²) in [6, 6.07) is 7.85. The molecule has 0 bridgehead atoms. The zero-order valence-corrected chi connectivity index (χ0v) is 12.8. The second-order valence-electron chi connectivity index (χ2n) is 5.09. The minimum Gasteiger partial charge on any atom is -0.325 e. The van der Waals surface area contributed by atoms with E-state index in [0.29, 0.717) is 12.1 Å². The number of hydroxylamine groups is 1. The average Bonchev–Trinajstić information content (AvgIpc) is 2.99. The van der Waals surface area contributed by atoms with Crippen LogP contribution in [0.15, 0.2) is 55.5 Å². The number of imidazole rings is 1. The maximum atomic E-state index is 13.0. The second-order valence-corrected chi connectivity index (χ2v) is 5.09. The van der Waals surface area contributed by atoms with Gasteiger partial charge in [-0.05, 0) is 23.8 Å². The number of carbonyl (C=O) groups is 1. The Morgan fingerprint density at radius 2 is 2.12 bits per heavy atom. The Kier molecular flexibility index (Phi) is 4.62. The number of pyridine rings is 1. The molecule has 0 atom stereocenters. The molecule has 6 nitrogen and oxygen atoms in total. The minimum atomic E-state index is -0.452. The van der Waals surface area contributed by atoms with Crippen molar-refractivity contribution in [1.82, 2.24) is 20.0 Å². The van der Waals surface area contributed by atoms with E-state index in [0.717, 1.165) is 11.1 Å². The summed E-state index contributed by atoms with van der Waals surface area (Å²) < 4.78 is 14.8. The molecule has 0 fully saturated rings. The molecule has 122 valence electrons. The number of hydrogen-bond donors (Lipinski definition) is 1. The molecule has 7 heteroatoms. The highest BCUT2D eigenvalue weighted by atomic mass is 19.1. The molecule has 3 aromatic rings. The molecule has 1 N–H and O–H groups in total. The molecule has 0 saturated heterocycles. The topological polar surface area (TPSA) is 69.0 Å². The summed E-state index contributed by atoms with van der Waals surface area (Å²) in [6.45, 7) is 4.23. The van der Waals surface area contributed by atoms with E-state index in [1.807, 2.05) is 4.57 Å². The highest BCUT2D eigenvalue weighted by Crippen LogP contribution is 2.15. The molecule has 0 saturated carbocycles. The van der Waals surface area contributed by atoms with Gasteiger partial charge in [-0.1, -0.05) is 18.2 Å². The van der Waals surface area contributed by atoms with E-state index in [4.69, 9.17) is 4.84 Å². The number of carbonyl (C=O) groups excluding carboxylic acids is 1. The van der Waals surface area contributed by atoms with Crippen molar-refractivity contribution in [1.29, 1.82) is 0 Å². The van der Waals surface area contributed by atoms with Gasteiger partial charge in [0, 0.05) is 6.54 Å². The first-order chi connectivity index (χ1) is 11.7. The van der Waals surface area contributed by atoms with Crippen molar-refractivity contribution in [2.75, 3.05) is 6.61 Å². The van der Waals surface area contributed by atoms with Crippen LogP contribution in [0.25, 0.3) is 11.0 Å². The van der Waals surface area contributed by atoms with Crippen LogP contribution in [0.1, 0.15) is 16.1 Å². The summed E-state index contributed by atoms with van der Waals surface area (Å²) in [6.07, 6.45) is 4.76. The van der Waals surface area contributed by atoms with Gasteiger partial charge in [-0.2, -0.15) is 0 Å². The molecule has 1 amide bonds. The molecule has 3 rings (SSSR count). The van der Waals surface area contributed by atoms with Crippen molar-refractivity contribution >= 4 is 16.9 Å². The Morgan fingerprint density at radius 1 is 1.33 bits per heavy atom. The molecule has 24 heavy (non-hydrogen) atoms. The fourth-order valence-corrected chi connectivity index (χ4v) is 2.21. The van der Waals surface area contributed by atoms with Crippen molar-refractivity contribution in [3.8, 4) is 0 Å². The molecule has 0 unspecified atom stereocenters. The van der Waals surface area contributed by atoms with E-state index in [2.05, 4.69) is 22.0 Å². The second kappa shape index (κ2) is 7.01. The molecular weight excluding hydrogens is 311 g/mol. The number of benzene rings is 1. The molecule has 2 aromatic heterocycles. The van der Waals surface area contributed by atoms with Crippen LogP contribution >= 0.6 is 0 Å². The molecule has 0 radical (unpaired) electrons. The van der Waals surface area contributed by atoms with Gasteiger partial charge in [0.25, 0.3) is 5.91 Å². The monoisotopic (exact) mass is 326 g/mol. The Balaban J connectivity index is 1.79. The summed E-state index contributed by atoms with van der Waals surface area (Å²) in [5, 5.41) is 0. The number of nitrogens with one attached hydrogen (secondary N) is 1. The van der Waals surface area contributed by atoms with Crippen LogP contribution in [0.5, 0.6) is 0 Å². The van der Waals surface area contributed by atoms with E-state index in [9.17, 15) is 9.18 Å². The summed E-state index contributed by atoms with van der Waals surface area (Å²) >= 11 is 0. The first-order valence-corrected chi connectivity index (χ1v) is 7.25. The van der Waals surface area contributed by atoms with Gasteiger partial charge in [0.15, 0.2) is 0 Å². The largest absolute Gasteiger partial charge is 0.325 e. The fraction of sp³-hybridized carbons (Fsp3) is 0.118. The van der Waals surface area contributed by atoms with Crippen LogP contribution in [0, 0.1) is 5.82 Å². The lowest BCUT2D eigenvalue weighted by Crippen LogP contribution is -2.24. The van der Waals surface area contributed by atoms with Crippen molar-refractivity contribution in [2.24, 2.45) is 0 Å². The standard InChI is InChI=1S/C17H15FN4O2/c1-2-7-24-21-17(23)15-8-14-16(9-19-15)22(11-20-14)10-12-3-5-13(18)6-4-12/h2-6,8-9,11H,1,7,10H2,(H,21,23). The number of hydrogen-bond acceptors (Lipinski definition) is 4. The number of amides is 1. The summed E-state index contributed by atoms with van der Waals surface area (Å²) in [5.74, 6) is -0.725. The lowest BCUT2D eigenvalue weighted by atomic mass is 10.2. The van der Waals surface area contributed by atoms with Gasteiger partial charge >= 0.3 is 0 Å². The van der Waals surface area contributed by atoms with Crippen molar-refractivity contribution < 1.29 is 14.0 Å². The predicted octanol–water partition coefficient (Wildman–Crippen LogP) is 2.47. The van der Waals surface area contributed by atoms with Gasteiger partial charge in [-0.25, -0.2) is 19.8 Å². The average molecular weight is 326 g/mol.